The summed E-state index contributed by atoms with van der Waals surface area (Å²) in [7, 11) is 2.20. The lowest BCUT2D eigenvalue weighted by Crippen LogP contribution is -2.20. The highest BCUT2D eigenvalue weighted by Crippen LogP contribution is 2.37. The van der Waals surface area contributed by atoms with Crippen molar-refractivity contribution in [3.63, 3.8) is 0 Å². The number of nitrogens with zero attached hydrogens (tertiary/aromatic N) is 1. The van der Waals surface area contributed by atoms with Crippen LogP contribution in [-0.4, -0.2) is 38.3 Å². The zero-order chi connectivity index (χ0) is 14.1. The molecular formula is C16H23BrN2O. The number of benzene rings is 1. The lowest BCUT2D eigenvalue weighted by atomic mass is 9.94. The Morgan fingerprint density at radius 3 is 2.90 bits per heavy atom. The minimum absolute atomic E-state index is 0.508. The van der Waals surface area contributed by atoms with Crippen molar-refractivity contribution in [3.8, 4) is 0 Å². The first-order valence-electron chi connectivity index (χ1n) is 7.46. The maximum absolute atomic E-state index is 5.82. The van der Waals surface area contributed by atoms with Crippen LogP contribution >= 0.6 is 15.9 Å². The molecule has 20 heavy (non-hydrogen) atoms. The van der Waals surface area contributed by atoms with Gasteiger partial charge < -0.3 is 10.5 Å². The van der Waals surface area contributed by atoms with E-state index in [0.29, 0.717) is 17.9 Å². The molecule has 3 rings (SSSR count). The number of hydrogen-bond donors (Lipinski definition) is 1. The van der Waals surface area contributed by atoms with Gasteiger partial charge in [0.2, 0.25) is 0 Å². The van der Waals surface area contributed by atoms with Crippen molar-refractivity contribution in [2.24, 2.45) is 11.7 Å². The van der Waals surface area contributed by atoms with Gasteiger partial charge in [-0.2, -0.15) is 0 Å². The van der Waals surface area contributed by atoms with Crippen LogP contribution < -0.4 is 5.73 Å². The molecule has 110 valence electrons. The summed E-state index contributed by atoms with van der Waals surface area (Å²) >= 11 is 3.76. The number of rotatable bonds is 3. The Bertz CT molecular complexity index is 474. The van der Waals surface area contributed by atoms with Crippen molar-refractivity contribution >= 4 is 15.9 Å². The minimum Gasteiger partial charge on any atom is -0.381 e. The average molecular weight is 339 g/mol. The van der Waals surface area contributed by atoms with Crippen molar-refractivity contribution in [1.29, 1.82) is 0 Å². The van der Waals surface area contributed by atoms with Gasteiger partial charge in [0, 0.05) is 29.6 Å². The van der Waals surface area contributed by atoms with E-state index >= 15 is 0 Å². The molecule has 0 radical (unpaired) electrons. The van der Waals surface area contributed by atoms with Gasteiger partial charge in [-0.3, -0.25) is 4.90 Å². The van der Waals surface area contributed by atoms with Crippen LogP contribution in [0.1, 0.15) is 35.9 Å². The zero-order valence-electron chi connectivity index (χ0n) is 12.0. The highest BCUT2D eigenvalue weighted by molar-refractivity contribution is 9.10. The van der Waals surface area contributed by atoms with E-state index in [1.54, 1.807) is 0 Å². The van der Waals surface area contributed by atoms with Crippen molar-refractivity contribution in [2.75, 3.05) is 33.4 Å². The van der Waals surface area contributed by atoms with E-state index in [9.17, 15) is 0 Å². The van der Waals surface area contributed by atoms with E-state index in [-0.39, 0.29) is 0 Å². The fraction of sp³-hybridized carbons (Fsp3) is 0.625. The van der Waals surface area contributed by atoms with E-state index in [1.807, 2.05) is 0 Å². The molecule has 3 nitrogen and oxygen atoms in total. The molecule has 3 unspecified atom stereocenters. The quantitative estimate of drug-likeness (QED) is 0.920. The number of hydrogen-bond acceptors (Lipinski definition) is 3. The summed E-state index contributed by atoms with van der Waals surface area (Å²) in [5.41, 5.74) is 8.62. The zero-order valence-corrected chi connectivity index (χ0v) is 13.6. The Morgan fingerprint density at radius 1 is 1.45 bits per heavy atom. The molecule has 2 aliphatic rings. The van der Waals surface area contributed by atoms with E-state index in [4.69, 9.17) is 10.5 Å². The first kappa shape index (κ1) is 14.5. The Labute approximate surface area is 129 Å². The van der Waals surface area contributed by atoms with Gasteiger partial charge >= 0.3 is 0 Å². The third-order valence-corrected chi connectivity index (χ3v) is 5.43. The van der Waals surface area contributed by atoms with Crippen LogP contribution in [0.3, 0.4) is 0 Å². The number of likely N-dealkylation sites (tertiary alicyclic amines) is 1. The fourth-order valence-corrected chi connectivity index (χ4v) is 4.25. The maximum Gasteiger partial charge on any atom is 0.0535 e. The predicted molar refractivity (Wildman–Crippen MR) is 84.9 cm³/mol. The summed E-state index contributed by atoms with van der Waals surface area (Å²) in [6, 6.07) is 7.38. The Balaban J connectivity index is 1.79. The normalized spacial score (nSPS) is 31.1. The second kappa shape index (κ2) is 6.14. The maximum atomic E-state index is 5.82. The molecule has 0 aromatic heterocycles. The second-order valence-electron chi connectivity index (χ2n) is 6.13. The molecule has 0 saturated carbocycles. The average Bonchev–Trinajstić information content (AvgIpc) is 3.07. The molecule has 1 aromatic rings. The molecule has 2 aliphatic heterocycles. The standard InChI is InChI=1S/C16H23BrN2O/c1-19-9-11(8-18)6-16(19)12-2-3-14(15(17)7-12)13-4-5-20-10-13/h2-3,7,11,13,16H,4-6,8-10,18H2,1H3. The summed E-state index contributed by atoms with van der Waals surface area (Å²) in [5, 5.41) is 0. The van der Waals surface area contributed by atoms with Crippen LogP contribution in [0.5, 0.6) is 0 Å². The van der Waals surface area contributed by atoms with Gasteiger partial charge in [0.1, 0.15) is 0 Å². The van der Waals surface area contributed by atoms with Crippen molar-refractivity contribution < 1.29 is 4.74 Å². The SMILES string of the molecule is CN1CC(CN)CC1c1ccc(C2CCOC2)c(Br)c1. The Kier molecular flexibility index (Phi) is 4.46. The molecule has 3 atom stereocenters. The van der Waals surface area contributed by atoms with Gasteiger partial charge in [0.15, 0.2) is 0 Å². The molecule has 4 heteroatoms. The Morgan fingerprint density at radius 2 is 2.30 bits per heavy atom. The van der Waals surface area contributed by atoms with E-state index in [1.165, 1.54) is 22.0 Å². The molecule has 0 bridgehead atoms. The molecule has 0 aliphatic carbocycles. The largest absolute Gasteiger partial charge is 0.381 e. The third-order valence-electron chi connectivity index (χ3n) is 4.75. The van der Waals surface area contributed by atoms with Crippen LogP contribution in [0.4, 0.5) is 0 Å². The topological polar surface area (TPSA) is 38.5 Å². The summed E-state index contributed by atoms with van der Waals surface area (Å²) < 4.78 is 6.73. The lowest BCUT2D eigenvalue weighted by Gasteiger charge is -2.21. The first-order chi connectivity index (χ1) is 9.69. The van der Waals surface area contributed by atoms with Crippen LogP contribution in [0.2, 0.25) is 0 Å². The fourth-order valence-electron chi connectivity index (χ4n) is 3.53. The number of halogens is 1. The van der Waals surface area contributed by atoms with Gasteiger partial charge in [-0.1, -0.05) is 28.1 Å². The van der Waals surface area contributed by atoms with Crippen LogP contribution in [0.15, 0.2) is 22.7 Å². The Hall–Kier alpha value is -0.420. The van der Waals surface area contributed by atoms with E-state index in [0.717, 1.165) is 32.7 Å². The van der Waals surface area contributed by atoms with Gasteiger partial charge in [0.05, 0.1) is 6.61 Å². The van der Waals surface area contributed by atoms with Crippen LogP contribution in [-0.2, 0) is 4.74 Å². The molecule has 0 spiro atoms. The van der Waals surface area contributed by atoms with Gasteiger partial charge in [-0.25, -0.2) is 0 Å². The summed E-state index contributed by atoms with van der Waals surface area (Å²) in [6.45, 7) is 3.65. The van der Waals surface area contributed by atoms with Gasteiger partial charge in [-0.15, -0.1) is 0 Å². The lowest BCUT2D eigenvalue weighted by molar-refractivity contribution is 0.194. The second-order valence-corrected chi connectivity index (χ2v) is 6.99. The summed E-state index contributed by atoms with van der Waals surface area (Å²) in [4.78, 5) is 2.43. The summed E-state index contributed by atoms with van der Waals surface area (Å²) in [5.74, 6) is 1.18. The third kappa shape index (κ3) is 2.80. The monoisotopic (exact) mass is 338 g/mol. The van der Waals surface area contributed by atoms with Crippen molar-refractivity contribution in [1.82, 2.24) is 4.90 Å². The number of ether oxygens (including phenoxy) is 1. The van der Waals surface area contributed by atoms with Crippen LogP contribution in [0.25, 0.3) is 0 Å². The van der Waals surface area contributed by atoms with Crippen molar-refractivity contribution in [3.05, 3.63) is 33.8 Å². The highest BCUT2D eigenvalue weighted by atomic mass is 79.9. The highest BCUT2D eigenvalue weighted by Gasteiger charge is 2.30. The van der Waals surface area contributed by atoms with Gasteiger partial charge in [-0.05, 0) is 49.5 Å². The molecule has 2 fully saturated rings. The first-order valence-corrected chi connectivity index (χ1v) is 8.25. The molecular weight excluding hydrogens is 316 g/mol. The number of nitrogens with two attached hydrogens (primary N) is 1. The molecule has 1 aromatic carbocycles. The molecule has 2 saturated heterocycles. The smallest absolute Gasteiger partial charge is 0.0535 e. The predicted octanol–water partition coefficient (Wildman–Crippen LogP) is 2.90. The van der Waals surface area contributed by atoms with E-state index in [2.05, 4.69) is 46.1 Å². The van der Waals surface area contributed by atoms with Crippen molar-refractivity contribution in [2.45, 2.75) is 24.8 Å². The summed E-state index contributed by atoms with van der Waals surface area (Å²) in [6.07, 6.45) is 2.31. The molecule has 0 amide bonds. The van der Waals surface area contributed by atoms with Gasteiger partial charge in [0.25, 0.3) is 0 Å². The van der Waals surface area contributed by atoms with Crippen LogP contribution in [0, 0.1) is 5.92 Å². The molecule has 2 heterocycles. The van der Waals surface area contributed by atoms with E-state index < -0.39 is 0 Å². The molecule has 2 N–H and O–H groups in total. The minimum atomic E-state index is 0.508.